The van der Waals surface area contributed by atoms with Gasteiger partial charge in [0.05, 0.1) is 19.3 Å². The van der Waals surface area contributed by atoms with Crippen molar-refractivity contribution in [2.45, 2.75) is 23.3 Å². The highest BCUT2D eigenvalue weighted by atomic mass is 79.9. The number of thiophene rings is 1. The number of morpholine rings is 1. The summed E-state index contributed by atoms with van der Waals surface area (Å²) < 4.78 is 32.6. The van der Waals surface area contributed by atoms with Crippen LogP contribution in [0.15, 0.2) is 20.1 Å². The van der Waals surface area contributed by atoms with E-state index in [9.17, 15) is 8.42 Å². The fraction of sp³-hybridized carbons (Fsp3) is 0.600. The van der Waals surface area contributed by atoms with E-state index >= 15 is 0 Å². The van der Waals surface area contributed by atoms with Gasteiger partial charge < -0.3 is 9.84 Å². The normalized spacial score (nSPS) is 26.4. The van der Waals surface area contributed by atoms with Crippen LogP contribution in [0.25, 0.3) is 0 Å². The number of halogens is 1. The van der Waals surface area contributed by atoms with Crippen molar-refractivity contribution in [2.24, 2.45) is 0 Å². The lowest BCUT2D eigenvalue weighted by Gasteiger charge is -2.36. The van der Waals surface area contributed by atoms with Gasteiger partial charge in [0.2, 0.25) is 0 Å². The molecule has 0 aromatic carbocycles. The number of hydrogen-bond donors (Lipinski definition) is 1. The molecule has 18 heavy (non-hydrogen) atoms. The molecule has 1 N–H and O–H groups in total. The van der Waals surface area contributed by atoms with Crippen molar-refractivity contribution in [1.29, 1.82) is 0 Å². The highest BCUT2D eigenvalue weighted by Gasteiger charge is 2.36. The number of sulfonamides is 1. The molecule has 5 nitrogen and oxygen atoms in total. The first kappa shape index (κ1) is 14.4. The number of aliphatic hydroxyl groups excluding tert-OH is 1. The van der Waals surface area contributed by atoms with Gasteiger partial charge in [0.1, 0.15) is 4.21 Å². The van der Waals surface area contributed by atoms with Crippen LogP contribution >= 0.6 is 27.3 Å². The Morgan fingerprint density at radius 2 is 2.39 bits per heavy atom. The van der Waals surface area contributed by atoms with Gasteiger partial charge in [-0.15, -0.1) is 11.3 Å². The summed E-state index contributed by atoms with van der Waals surface area (Å²) >= 11 is 4.43. The van der Waals surface area contributed by atoms with Crippen molar-refractivity contribution in [1.82, 2.24) is 4.31 Å². The highest BCUT2D eigenvalue weighted by Crippen LogP contribution is 2.32. The summed E-state index contributed by atoms with van der Waals surface area (Å²) in [6, 6.07) is 1.48. The predicted molar refractivity (Wildman–Crippen MR) is 72.2 cm³/mol. The van der Waals surface area contributed by atoms with Gasteiger partial charge in [-0.3, -0.25) is 0 Å². The minimum Gasteiger partial charge on any atom is -0.394 e. The summed E-state index contributed by atoms with van der Waals surface area (Å²) in [4.78, 5) is 0. The van der Waals surface area contributed by atoms with Crippen LogP contribution in [0.3, 0.4) is 0 Å². The predicted octanol–water partition coefficient (Wildman–Crippen LogP) is 1.28. The van der Waals surface area contributed by atoms with E-state index in [0.29, 0.717) is 15.3 Å². The van der Waals surface area contributed by atoms with Crippen LogP contribution in [-0.4, -0.2) is 49.7 Å². The zero-order valence-corrected chi connectivity index (χ0v) is 13.0. The topological polar surface area (TPSA) is 66.8 Å². The molecule has 2 rings (SSSR count). The molecule has 1 fully saturated rings. The Morgan fingerprint density at radius 3 is 2.94 bits per heavy atom. The van der Waals surface area contributed by atoms with Crippen molar-refractivity contribution >= 4 is 37.3 Å². The second-order valence-electron chi connectivity index (χ2n) is 4.12. The molecule has 0 radical (unpaired) electrons. The average molecular weight is 356 g/mol. The molecular formula is C10H14BrNO4S2. The summed E-state index contributed by atoms with van der Waals surface area (Å²) in [5, 5.41) is 10.8. The third kappa shape index (κ3) is 2.63. The number of ether oxygens (including phenoxy) is 1. The standard InChI is InChI=1S/C10H14BrNO4S2/c1-7-6-16-8(5-13)4-12(7)18(14,15)10-9(11)2-3-17-10/h2-3,7-8,13H,4-6H2,1H3. The summed E-state index contributed by atoms with van der Waals surface area (Å²) in [5.74, 6) is 0. The zero-order valence-electron chi connectivity index (χ0n) is 9.74. The molecule has 0 aliphatic carbocycles. The van der Waals surface area contributed by atoms with E-state index in [4.69, 9.17) is 9.84 Å². The molecule has 0 bridgehead atoms. The fourth-order valence-electron chi connectivity index (χ4n) is 1.81. The van der Waals surface area contributed by atoms with E-state index in [2.05, 4.69) is 15.9 Å². The molecule has 0 spiro atoms. The Morgan fingerprint density at radius 1 is 1.67 bits per heavy atom. The lowest BCUT2D eigenvalue weighted by atomic mass is 10.2. The second kappa shape index (κ2) is 5.56. The first-order valence-electron chi connectivity index (χ1n) is 5.44. The maximum Gasteiger partial charge on any atom is 0.254 e. The van der Waals surface area contributed by atoms with Gasteiger partial charge in [-0.25, -0.2) is 8.42 Å². The first-order chi connectivity index (χ1) is 8.46. The highest BCUT2D eigenvalue weighted by molar-refractivity contribution is 9.10. The molecule has 2 heterocycles. The molecule has 102 valence electrons. The van der Waals surface area contributed by atoms with E-state index in [1.54, 1.807) is 18.4 Å². The Kier molecular flexibility index (Phi) is 4.45. The molecule has 0 amide bonds. The molecule has 8 heteroatoms. The first-order valence-corrected chi connectivity index (χ1v) is 8.55. The van der Waals surface area contributed by atoms with Crippen LogP contribution in [0, 0.1) is 0 Å². The minimum absolute atomic E-state index is 0.176. The number of rotatable bonds is 3. The Hall–Kier alpha value is 0.01000. The van der Waals surface area contributed by atoms with Crippen molar-refractivity contribution in [3.8, 4) is 0 Å². The van der Waals surface area contributed by atoms with Gasteiger partial charge in [0.25, 0.3) is 10.0 Å². The fourth-order valence-corrected chi connectivity index (χ4v) is 5.88. The third-order valence-corrected chi connectivity index (χ3v) is 7.41. The molecule has 1 aromatic heterocycles. The van der Waals surface area contributed by atoms with Gasteiger partial charge in [-0.1, -0.05) is 0 Å². The summed E-state index contributed by atoms with van der Waals surface area (Å²) in [5.41, 5.74) is 0. The average Bonchev–Trinajstić information content (AvgIpc) is 2.76. The van der Waals surface area contributed by atoms with Gasteiger partial charge in [-0.05, 0) is 34.3 Å². The van der Waals surface area contributed by atoms with Crippen molar-refractivity contribution < 1.29 is 18.3 Å². The van der Waals surface area contributed by atoms with Crippen LogP contribution in [0.1, 0.15) is 6.92 Å². The minimum atomic E-state index is -3.53. The molecule has 0 saturated carbocycles. The van der Waals surface area contributed by atoms with Crippen LogP contribution in [0.5, 0.6) is 0 Å². The van der Waals surface area contributed by atoms with Crippen molar-refractivity contribution in [3.63, 3.8) is 0 Å². The van der Waals surface area contributed by atoms with E-state index in [1.807, 2.05) is 0 Å². The summed E-state index contributed by atoms with van der Waals surface area (Å²) in [6.45, 7) is 2.11. The largest absolute Gasteiger partial charge is 0.394 e. The zero-order chi connectivity index (χ0) is 13.3. The van der Waals surface area contributed by atoms with E-state index in [1.165, 1.54) is 15.6 Å². The van der Waals surface area contributed by atoms with Gasteiger partial charge in [0.15, 0.2) is 0 Å². The SMILES string of the molecule is CC1COC(CO)CN1S(=O)(=O)c1sccc1Br. The van der Waals surface area contributed by atoms with Gasteiger partial charge in [-0.2, -0.15) is 4.31 Å². The molecular weight excluding hydrogens is 342 g/mol. The van der Waals surface area contributed by atoms with Crippen LogP contribution in [-0.2, 0) is 14.8 Å². The van der Waals surface area contributed by atoms with Crippen LogP contribution in [0.2, 0.25) is 0 Å². The number of nitrogens with zero attached hydrogens (tertiary/aromatic N) is 1. The monoisotopic (exact) mass is 355 g/mol. The molecule has 1 aliphatic rings. The number of hydrogen-bond acceptors (Lipinski definition) is 5. The van der Waals surface area contributed by atoms with Gasteiger partial charge in [0, 0.05) is 17.1 Å². The van der Waals surface area contributed by atoms with E-state index in [-0.39, 0.29) is 19.2 Å². The lowest BCUT2D eigenvalue weighted by molar-refractivity contribution is -0.0515. The Balaban J connectivity index is 2.31. The van der Waals surface area contributed by atoms with Crippen LogP contribution < -0.4 is 0 Å². The van der Waals surface area contributed by atoms with E-state index in [0.717, 1.165) is 0 Å². The second-order valence-corrected chi connectivity index (χ2v) is 7.97. The van der Waals surface area contributed by atoms with E-state index < -0.39 is 16.1 Å². The van der Waals surface area contributed by atoms with Crippen molar-refractivity contribution in [2.75, 3.05) is 19.8 Å². The lowest BCUT2D eigenvalue weighted by Crippen LogP contribution is -2.51. The molecule has 2 unspecified atom stereocenters. The Bertz CT molecular complexity index is 516. The van der Waals surface area contributed by atoms with Gasteiger partial charge >= 0.3 is 0 Å². The van der Waals surface area contributed by atoms with Crippen LogP contribution in [0.4, 0.5) is 0 Å². The number of aliphatic hydroxyl groups is 1. The maximum atomic E-state index is 12.5. The maximum absolute atomic E-state index is 12.5. The third-order valence-electron chi connectivity index (χ3n) is 2.78. The molecule has 1 aromatic rings. The molecule has 1 aliphatic heterocycles. The Labute approximate surface area is 119 Å². The summed E-state index contributed by atoms with van der Waals surface area (Å²) in [6.07, 6.45) is -0.449. The van der Waals surface area contributed by atoms with Crippen molar-refractivity contribution in [3.05, 3.63) is 15.9 Å². The quantitative estimate of drug-likeness (QED) is 0.886. The smallest absolute Gasteiger partial charge is 0.254 e. The molecule has 1 saturated heterocycles. The summed E-state index contributed by atoms with van der Waals surface area (Å²) in [7, 11) is -3.53. The molecule has 2 atom stereocenters.